The van der Waals surface area contributed by atoms with E-state index < -0.39 is 0 Å². The van der Waals surface area contributed by atoms with Gasteiger partial charge >= 0.3 is 0 Å². The number of amides is 1. The Balaban J connectivity index is 1.77. The van der Waals surface area contributed by atoms with Crippen molar-refractivity contribution in [2.24, 2.45) is 0 Å². The Hall–Kier alpha value is -2.01. The molecule has 0 saturated heterocycles. The molecule has 0 bridgehead atoms. The molecule has 4 nitrogen and oxygen atoms in total. The number of halogens is 1. The van der Waals surface area contributed by atoms with E-state index in [1.54, 1.807) is 24.3 Å². The molecule has 0 atom stereocenters. The minimum atomic E-state index is -0.181. The first-order valence-electron chi connectivity index (χ1n) is 6.72. The fraction of sp³-hybridized carbons (Fsp3) is 0.188. The Morgan fingerprint density at radius 3 is 2.95 bits per heavy atom. The van der Waals surface area contributed by atoms with Crippen LogP contribution in [0, 0.1) is 0 Å². The number of carbonyl (C=O) groups is 1. The summed E-state index contributed by atoms with van der Waals surface area (Å²) in [6.07, 6.45) is 0.904. The van der Waals surface area contributed by atoms with Crippen LogP contribution in [0.3, 0.4) is 0 Å². The largest absolute Gasteiger partial charge is 0.493 e. The van der Waals surface area contributed by atoms with Crippen LogP contribution in [0.4, 0.5) is 5.69 Å². The maximum Gasteiger partial charge on any atom is 0.253 e. The second-order valence-electron chi connectivity index (χ2n) is 4.92. The fourth-order valence-corrected chi connectivity index (χ4v) is 3.00. The number of hydrogen-bond donors (Lipinski definition) is 2. The van der Waals surface area contributed by atoms with Crippen molar-refractivity contribution in [1.82, 2.24) is 5.32 Å². The molecule has 0 spiro atoms. The molecule has 0 fully saturated rings. The molecule has 2 aromatic carbocycles. The first kappa shape index (κ1) is 13.9. The van der Waals surface area contributed by atoms with Gasteiger partial charge in [-0.05, 0) is 29.8 Å². The minimum Gasteiger partial charge on any atom is -0.493 e. The summed E-state index contributed by atoms with van der Waals surface area (Å²) in [6.45, 7) is 1.10. The molecule has 1 heterocycles. The van der Waals surface area contributed by atoms with Crippen LogP contribution in [0.25, 0.3) is 0 Å². The highest BCUT2D eigenvalue weighted by molar-refractivity contribution is 9.10. The highest BCUT2D eigenvalue weighted by Gasteiger charge is 2.18. The second-order valence-corrected chi connectivity index (χ2v) is 5.84. The third-order valence-electron chi connectivity index (χ3n) is 3.47. The van der Waals surface area contributed by atoms with Crippen molar-refractivity contribution in [1.29, 1.82) is 0 Å². The minimum absolute atomic E-state index is 0.181. The van der Waals surface area contributed by atoms with Gasteiger partial charge in [-0.1, -0.05) is 28.1 Å². The van der Waals surface area contributed by atoms with Crippen molar-refractivity contribution >= 4 is 27.5 Å². The number of carbonyl (C=O) groups excluding carboxylic acids is 1. The number of benzene rings is 2. The van der Waals surface area contributed by atoms with Gasteiger partial charge in [-0.3, -0.25) is 4.79 Å². The standard InChI is InChI=1S/C16H15BrN2O2/c17-12-7-10-5-6-21-15(10)11(8-12)9-19-16(20)13-3-1-2-4-14(13)18/h1-4,7-8H,5-6,9,18H2,(H,19,20). The van der Waals surface area contributed by atoms with E-state index >= 15 is 0 Å². The summed E-state index contributed by atoms with van der Waals surface area (Å²) in [7, 11) is 0. The lowest BCUT2D eigenvalue weighted by atomic mass is 10.1. The molecule has 0 aromatic heterocycles. The number of nitrogen functional groups attached to an aromatic ring is 1. The van der Waals surface area contributed by atoms with Gasteiger partial charge in [-0.15, -0.1) is 0 Å². The molecule has 21 heavy (non-hydrogen) atoms. The molecular weight excluding hydrogens is 332 g/mol. The van der Waals surface area contributed by atoms with Crippen LogP contribution in [0.5, 0.6) is 5.75 Å². The third-order valence-corrected chi connectivity index (χ3v) is 3.93. The lowest BCUT2D eigenvalue weighted by molar-refractivity contribution is 0.0951. The van der Waals surface area contributed by atoms with Crippen molar-refractivity contribution in [3.63, 3.8) is 0 Å². The van der Waals surface area contributed by atoms with Crippen molar-refractivity contribution in [2.45, 2.75) is 13.0 Å². The number of nitrogens with two attached hydrogens (primary N) is 1. The summed E-state index contributed by atoms with van der Waals surface area (Å²) < 4.78 is 6.65. The molecule has 3 N–H and O–H groups in total. The predicted octanol–water partition coefficient (Wildman–Crippen LogP) is 2.90. The molecule has 3 rings (SSSR count). The zero-order valence-electron chi connectivity index (χ0n) is 11.4. The Morgan fingerprint density at radius 1 is 1.33 bits per heavy atom. The zero-order valence-corrected chi connectivity index (χ0v) is 12.9. The average Bonchev–Trinajstić information content (AvgIpc) is 2.93. The molecular formula is C16H15BrN2O2. The number of ether oxygens (including phenoxy) is 1. The summed E-state index contributed by atoms with van der Waals surface area (Å²) in [5.41, 5.74) is 8.93. The van der Waals surface area contributed by atoms with E-state index in [2.05, 4.69) is 27.3 Å². The molecule has 5 heteroatoms. The summed E-state index contributed by atoms with van der Waals surface area (Å²) in [5, 5.41) is 2.89. The second kappa shape index (κ2) is 5.77. The summed E-state index contributed by atoms with van der Waals surface area (Å²) in [5.74, 6) is 0.708. The molecule has 0 saturated carbocycles. The van der Waals surface area contributed by atoms with Gasteiger partial charge in [0, 0.05) is 28.7 Å². The van der Waals surface area contributed by atoms with Crippen LogP contribution in [-0.2, 0) is 13.0 Å². The van der Waals surface area contributed by atoms with E-state index in [4.69, 9.17) is 10.5 Å². The molecule has 2 aromatic rings. The monoisotopic (exact) mass is 346 g/mol. The van der Waals surface area contributed by atoms with Gasteiger partial charge in [0.25, 0.3) is 5.91 Å². The van der Waals surface area contributed by atoms with Gasteiger partial charge in [0.15, 0.2) is 0 Å². The predicted molar refractivity (Wildman–Crippen MR) is 85.4 cm³/mol. The smallest absolute Gasteiger partial charge is 0.253 e. The van der Waals surface area contributed by atoms with Crippen molar-refractivity contribution in [3.05, 3.63) is 57.6 Å². The van der Waals surface area contributed by atoms with E-state index in [1.165, 1.54) is 5.56 Å². The fourth-order valence-electron chi connectivity index (χ4n) is 2.45. The Kier molecular flexibility index (Phi) is 3.84. The number of para-hydroxylation sites is 1. The summed E-state index contributed by atoms with van der Waals surface area (Å²) >= 11 is 3.49. The highest BCUT2D eigenvalue weighted by atomic mass is 79.9. The average molecular weight is 347 g/mol. The van der Waals surface area contributed by atoms with Crippen LogP contribution in [0.15, 0.2) is 40.9 Å². The lowest BCUT2D eigenvalue weighted by Gasteiger charge is -2.11. The van der Waals surface area contributed by atoms with Crippen LogP contribution >= 0.6 is 15.9 Å². The van der Waals surface area contributed by atoms with Crippen molar-refractivity contribution < 1.29 is 9.53 Å². The van der Waals surface area contributed by atoms with Crippen LogP contribution in [0.1, 0.15) is 21.5 Å². The summed E-state index contributed by atoms with van der Waals surface area (Å²) in [6, 6.07) is 11.1. The van der Waals surface area contributed by atoms with Crippen LogP contribution in [-0.4, -0.2) is 12.5 Å². The molecule has 0 unspecified atom stereocenters. The normalized spacial score (nSPS) is 12.6. The van der Waals surface area contributed by atoms with E-state index in [0.717, 1.165) is 22.2 Å². The maximum atomic E-state index is 12.2. The highest BCUT2D eigenvalue weighted by Crippen LogP contribution is 2.32. The van der Waals surface area contributed by atoms with E-state index in [1.807, 2.05) is 6.07 Å². The molecule has 108 valence electrons. The Morgan fingerprint density at radius 2 is 2.14 bits per heavy atom. The third kappa shape index (κ3) is 2.88. The van der Waals surface area contributed by atoms with Crippen LogP contribution in [0.2, 0.25) is 0 Å². The van der Waals surface area contributed by atoms with E-state index in [9.17, 15) is 4.79 Å². The quantitative estimate of drug-likeness (QED) is 0.840. The van der Waals surface area contributed by atoms with E-state index in [0.29, 0.717) is 24.4 Å². The topological polar surface area (TPSA) is 64.4 Å². The number of rotatable bonds is 3. The molecule has 1 amide bonds. The molecule has 1 aliphatic heterocycles. The number of fused-ring (bicyclic) bond motifs is 1. The van der Waals surface area contributed by atoms with Crippen molar-refractivity contribution in [3.8, 4) is 5.75 Å². The number of hydrogen-bond acceptors (Lipinski definition) is 3. The van der Waals surface area contributed by atoms with Crippen LogP contribution < -0.4 is 15.8 Å². The number of anilines is 1. The van der Waals surface area contributed by atoms with Gasteiger partial charge in [0.05, 0.1) is 12.2 Å². The Labute approximate surface area is 131 Å². The van der Waals surface area contributed by atoms with Gasteiger partial charge in [0.2, 0.25) is 0 Å². The SMILES string of the molecule is Nc1ccccc1C(=O)NCc1cc(Br)cc2c1OCC2. The van der Waals surface area contributed by atoms with Gasteiger partial charge in [-0.25, -0.2) is 0 Å². The van der Waals surface area contributed by atoms with E-state index in [-0.39, 0.29) is 5.91 Å². The van der Waals surface area contributed by atoms with Gasteiger partial charge in [-0.2, -0.15) is 0 Å². The summed E-state index contributed by atoms with van der Waals surface area (Å²) in [4.78, 5) is 12.2. The molecule has 1 aliphatic rings. The van der Waals surface area contributed by atoms with Crippen molar-refractivity contribution in [2.75, 3.05) is 12.3 Å². The van der Waals surface area contributed by atoms with Gasteiger partial charge < -0.3 is 15.8 Å². The first-order chi connectivity index (χ1) is 10.1. The van der Waals surface area contributed by atoms with Gasteiger partial charge in [0.1, 0.15) is 5.75 Å². The molecule has 0 radical (unpaired) electrons. The zero-order chi connectivity index (χ0) is 14.8. The number of nitrogens with one attached hydrogen (secondary N) is 1. The first-order valence-corrected chi connectivity index (χ1v) is 7.51. The molecule has 0 aliphatic carbocycles. The Bertz CT molecular complexity index is 701. The lowest BCUT2D eigenvalue weighted by Crippen LogP contribution is -2.24. The maximum absolute atomic E-state index is 12.2.